The zero-order chi connectivity index (χ0) is 19.8. The van der Waals surface area contributed by atoms with Gasteiger partial charge in [-0.2, -0.15) is 8.42 Å². The van der Waals surface area contributed by atoms with E-state index < -0.39 is 30.9 Å². The highest BCUT2D eigenvalue weighted by molar-refractivity contribution is 7.82. The maximum absolute atomic E-state index is 11.7. The molecule has 1 fully saturated rings. The highest BCUT2D eigenvalue weighted by Crippen LogP contribution is 2.37. The van der Waals surface area contributed by atoms with Crippen LogP contribution in [0.2, 0.25) is 18.1 Å². The Morgan fingerprint density at radius 1 is 0.885 bits per heavy atom. The number of hydrogen-bond acceptors (Lipinski definition) is 5. The largest absolute Gasteiger partial charge is 0.414 e. The average molecular weight is 409 g/mol. The summed E-state index contributed by atoms with van der Waals surface area (Å²) in [5.74, 6) is 0. The van der Waals surface area contributed by atoms with Gasteiger partial charge in [-0.3, -0.25) is 0 Å². The van der Waals surface area contributed by atoms with E-state index in [1.807, 2.05) is 0 Å². The molecule has 0 bridgehead atoms. The molecule has 0 saturated carbocycles. The van der Waals surface area contributed by atoms with Crippen LogP contribution in [0.5, 0.6) is 0 Å². The summed E-state index contributed by atoms with van der Waals surface area (Å²) in [5.41, 5.74) is 0. The molecule has 1 aliphatic rings. The number of rotatable bonds is 12. The molecule has 0 aliphatic carbocycles. The van der Waals surface area contributed by atoms with Gasteiger partial charge in [-0.15, -0.1) is 0 Å². The minimum Gasteiger partial charge on any atom is -0.414 e. The summed E-state index contributed by atoms with van der Waals surface area (Å²) in [5, 5.41) is 0.0820. The minimum atomic E-state index is -3.87. The summed E-state index contributed by atoms with van der Waals surface area (Å²) in [6.45, 7) is 13.3. The first-order chi connectivity index (χ1) is 12.0. The Balaban J connectivity index is 2.38. The van der Waals surface area contributed by atoms with Crippen molar-refractivity contribution in [1.82, 2.24) is 0 Å². The maximum Gasteiger partial charge on any atom is 0.400 e. The standard InChI is InChI=1S/C19H40O5SSi/c1-7-8-9-10-11-12-13-14-15-17-18(24-25(20,21)23-17)16-22-26(5,6)19(2,3)4/h17-18H,7-16H2,1-6H3/t17-,18-/m0/s1. The van der Waals surface area contributed by atoms with Crippen LogP contribution in [0.4, 0.5) is 0 Å². The maximum atomic E-state index is 11.7. The van der Waals surface area contributed by atoms with Crippen molar-refractivity contribution in [3.63, 3.8) is 0 Å². The van der Waals surface area contributed by atoms with Crippen LogP contribution >= 0.6 is 0 Å². The molecule has 5 nitrogen and oxygen atoms in total. The van der Waals surface area contributed by atoms with Gasteiger partial charge in [0.1, 0.15) is 12.2 Å². The van der Waals surface area contributed by atoms with Gasteiger partial charge in [0, 0.05) is 0 Å². The molecular weight excluding hydrogens is 368 g/mol. The molecule has 0 N–H and O–H groups in total. The predicted octanol–water partition coefficient (Wildman–Crippen LogP) is 5.57. The Morgan fingerprint density at radius 2 is 1.38 bits per heavy atom. The monoisotopic (exact) mass is 408 g/mol. The van der Waals surface area contributed by atoms with Gasteiger partial charge in [-0.05, 0) is 24.6 Å². The molecular formula is C19H40O5SSi. The fourth-order valence-electron chi connectivity index (χ4n) is 2.80. The molecule has 26 heavy (non-hydrogen) atoms. The van der Waals surface area contributed by atoms with E-state index in [0.29, 0.717) is 6.42 Å². The van der Waals surface area contributed by atoms with Gasteiger partial charge in [0.15, 0.2) is 8.32 Å². The third-order valence-electron chi connectivity index (χ3n) is 5.65. The summed E-state index contributed by atoms with van der Waals surface area (Å²) in [6, 6.07) is 0. The van der Waals surface area contributed by atoms with Crippen LogP contribution in [-0.4, -0.2) is 35.6 Å². The van der Waals surface area contributed by atoms with E-state index in [0.717, 1.165) is 12.8 Å². The van der Waals surface area contributed by atoms with Crippen molar-refractivity contribution < 1.29 is 21.2 Å². The summed E-state index contributed by atoms with van der Waals surface area (Å²) >= 11 is 0. The van der Waals surface area contributed by atoms with E-state index in [9.17, 15) is 8.42 Å². The third kappa shape index (κ3) is 8.38. The molecule has 0 aromatic rings. The quantitative estimate of drug-likeness (QED) is 0.312. The Hall–Kier alpha value is 0.0469. The lowest BCUT2D eigenvalue weighted by atomic mass is 10.0. The molecule has 0 radical (unpaired) electrons. The summed E-state index contributed by atoms with van der Waals surface area (Å²) in [7, 11) is -5.81. The van der Waals surface area contributed by atoms with Gasteiger partial charge in [-0.1, -0.05) is 79.1 Å². The van der Waals surface area contributed by atoms with Crippen molar-refractivity contribution in [2.45, 2.75) is 116 Å². The lowest BCUT2D eigenvalue weighted by Gasteiger charge is -2.36. The molecule has 1 rings (SSSR count). The molecule has 0 aromatic carbocycles. The van der Waals surface area contributed by atoms with Crippen molar-refractivity contribution in [1.29, 1.82) is 0 Å². The van der Waals surface area contributed by atoms with Crippen LogP contribution in [0, 0.1) is 0 Å². The average Bonchev–Trinajstić information content (AvgIpc) is 2.81. The van der Waals surface area contributed by atoms with E-state index in [-0.39, 0.29) is 11.6 Å². The van der Waals surface area contributed by atoms with E-state index in [4.69, 9.17) is 12.8 Å². The van der Waals surface area contributed by atoms with Gasteiger partial charge >= 0.3 is 10.4 Å². The van der Waals surface area contributed by atoms with Crippen LogP contribution in [0.1, 0.15) is 85.5 Å². The third-order valence-corrected chi connectivity index (χ3v) is 11.1. The highest BCUT2D eigenvalue weighted by Gasteiger charge is 2.43. The summed E-state index contributed by atoms with van der Waals surface area (Å²) < 4.78 is 39.9. The normalized spacial score (nSPS) is 23.5. The summed E-state index contributed by atoms with van der Waals surface area (Å²) in [6.07, 6.45) is 9.54. The lowest BCUT2D eigenvalue weighted by Crippen LogP contribution is -2.44. The molecule has 7 heteroatoms. The van der Waals surface area contributed by atoms with E-state index >= 15 is 0 Å². The van der Waals surface area contributed by atoms with Gasteiger partial charge < -0.3 is 4.43 Å². The zero-order valence-electron chi connectivity index (χ0n) is 17.7. The topological polar surface area (TPSA) is 61.8 Å². The van der Waals surface area contributed by atoms with Gasteiger partial charge in [0.05, 0.1) is 6.61 Å². The van der Waals surface area contributed by atoms with Crippen LogP contribution in [0.3, 0.4) is 0 Å². The van der Waals surface area contributed by atoms with Crippen molar-refractivity contribution >= 4 is 18.7 Å². The molecule has 0 amide bonds. The van der Waals surface area contributed by atoms with E-state index in [1.165, 1.54) is 38.5 Å². The zero-order valence-corrected chi connectivity index (χ0v) is 19.5. The Bertz CT molecular complexity index is 499. The second-order valence-corrected chi connectivity index (χ2v) is 15.0. The van der Waals surface area contributed by atoms with Crippen LogP contribution < -0.4 is 0 Å². The first kappa shape index (κ1) is 24.1. The highest BCUT2D eigenvalue weighted by atomic mass is 32.3. The molecule has 1 aliphatic heterocycles. The number of unbranched alkanes of at least 4 members (excludes halogenated alkanes) is 7. The van der Waals surface area contributed by atoms with E-state index in [1.54, 1.807) is 0 Å². The second kappa shape index (κ2) is 10.6. The lowest BCUT2D eigenvalue weighted by molar-refractivity contribution is 0.0872. The summed E-state index contributed by atoms with van der Waals surface area (Å²) in [4.78, 5) is 0. The SMILES string of the molecule is CCCCCCCCCC[C@@H]1OS(=O)(=O)O[C@H]1CO[Si](C)(C)C(C)(C)C. The molecule has 2 atom stereocenters. The Morgan fingerprint density at radius 3 is 1.92 bits per heavy atom. The van der Waals surface area contributed by atoms with Crippen molar-refractivity contribution in [2.24, 2.45) is 0 Å². The first-order valence-electron chi connectivity index (χ1n) is 10.2. The van der Waals surface area contributed by atoms with Crippen LogP contribution in [-0.2, 0) is 23.2 Å². The van der Waals surface area contributed by atoms with Crippen molar-refractivity contribution in [2.75, 3.05) is 6.61 Å². The fraction of sp³-hybridized carbons (Fsp3) is 1.00. The Kier molecular flexibility index (Phi) is 9.78. The van der Waals surface area contributed by atoms with Gasteiger partial charge in [-0.25, -0.2) is 8.37 Å². The molecule has 1 saturated heterocycles. The van der Waals surface area contributed by atoms with Gasteiger partial charge in [0.25, 0.3) is 0 Å². The van der Waals surface area contributed by atoms with Crippen molar-refractivity contribution in [3.8, 4) is 0 Å². The predicted molar refractivity (Wildman–Crippen MR) is 109 cm³/mol. The minimum absolute atomic E-state index is 0.0820. The van der Waals surface area contributed by atoms with Gasteiger partial charge in [0.2, 0.25) is 0 Å². The number of hydrogen-bond donors (Lipinski definition) is 0. The van der Waals surface area contributed by atoms with E-state index in [2.05, 4.69) is 40.8 Å². The molecule has 156 valence electrons. The smallest absolute Gasteiger partial charge is 0.400 e. The molecule has 1 heterocycles. The van der Waals surface area contributed by atoms with Crippen molar-refractivity contribution in [3.05, 3.63) is 0 Å². The van der Waals surface area contributed by atoms with Crippen LogP contribution in [0.15, 0.2) is 0 Å². The Labute approximate surface area is 162 Å². The molecule has 0 unspecified atom stereocenters. The molecule has 0 aromatic heterocycles. The molecule has 0 spiro atoms. The second-order valence-electron chi connectivity index (χ2n) is 9.01. The first-order valence-corrected chi connectivity index (χ1v) is 14.5. The fourth-order valence-corrected chi connectivity index (χ4v) is 4.87. The van der Waals surface area contributed by atoms with Crippen LogP contribution in [0.25, 0.3) is 0 Å².